The second-order valence-electron chi connectivity index (χ2n) is 18.6. The summed E-state index contributed by atoms with van der Waals surface area (Å²) in [5.41, 5.74) is 14.7. The van der Waals surface area contributed by atoms with Crippen molar-refractivity contribution in [3.8, 4) is 50.8 Å². The van der Waals surface area contributed by atoms with Gasteiger partial charge >= 0.3 is 20.1 Å². The molecule has 0 spiro atoms. The fraction of sp³-hybridized carbons (Fsp3) is 0. The van der Waals surface area contributed by atoms with Crippen molar-refractivity contribution in [2.45, 2.75) is 0 Å². The van der Waals surface area contributed by atoms with Crippen LogP contribution in [0, 0.1) is 35.7 Å². The van der Waals surface area contributed by atoms with Gasteiger partial charge in [0.05, 0.1) is 18.6 Å². The summed E-state index contributed by atoms with van der Waals surface area (Å²) >= 11 is 0. The molecule has 10 heteroatoms. The summed E-state index contributed by atoms with van der Waals surface area (Å²) in [4.78, 5) is 12.6. The molecule has 6 heterocycles. The molecule has 0 saturated carbocycles. The van der Waals surface area contributed by atoms with E-state index in [4.69, 9.17) is 0 Å². The van der Waals surface area contributed by atoms with Gasteiger partial charge in [-0.15, -0.1) is 71.3 Å². The molecular formula is C69H42F3IrN6. The molecule has 0 aliphatic carbocycles. The topological polar surface area (TPSA) is 53.5 Å². The van der Waals surface area contributed by atoms with Gasteiger partial charge < -0.3 is 28.7 Å². The van der Waals surface area contributed by atoms with Crippen molar-refractivity contribution in [3.63, 3.8) is 0 Å². The summed E-state index contributed by atoms with van der Waals surface area (Å²) < 4.78 is 46.3. The smallest absolute Gasteiger partial charge is 0.351 e. The molecule has 79 heavy (non-hydrogen) atoms. The van der Waals surface area contributed by atoms with Gasteiger partial charge in [0.2, 0.25) is 0 Å². The molecule has 0 aliphatic rings. The summed E-state index contributed by atoms with van der Waals surface area (Å²) in [5, 5.41) is 6.90. The molecule has 0 atom stereocenters. The van der Waals surface area contributed by atoms with Gasteiger partial charge in [-0.2, -0.15) is 0 Å². The van der Waals surface area contributed by atoms with Crippen LogP contribution in [0.4, 0.5) is 13.2 Å². The van der Waals surface area contributed by atoms with E-state index in [1.54, 1.807) is 18.2 Å². The second-order valence-corrected chi connectivity index (χ2v) is 18.6. The fourth-order valence-corrected chi connectivity index (χ4v) is 10.3. The predicted molar refractivity (Wildman–Crippen MR) is 308 cm³/mol. The quantitative estimate of drug-likeness (QED) is 0.156. The molecule has 6 nitrogen and oxygen atoms in total. The molecule has 0 radical (unpaired) electrons. The van der Waals surface area contributed by atoms with Crippen LogP contribution < -0.4 is 0 Å². The molecule has 0 N–H and O–H groups in total. The molecule has 0 amide bonds. The van der Waals surface area contributed by atoms with Crippen molar-refractivity contribution in [2.75, 3.05) is 0 Å². The monoisotopic (exact) mass is 1200 g/mol. The molecule has 0 unspecified atom stereocenters. The Hall–Kier alpha value is -9.73. The maximum atomic E-state index is 13.2. The van der Waals surface area contributed by atoms with Gasteiger partial charge in [-0.25, -0.2) is 13.2 Å². The molecule has 9 aromatic carbocycles. The Morgan fingerprint density at radius 1 is 0.278 bits per heavy atom. The number of aromatic nitrogens is 6. The van der Waals surface area contributed by atoms with Crippen molar-refractivity contribution in [1.82, 2.24) is 28.7 Å². The third-order valence-electron chi connectivity index (χ3n) is 13.9. The van der Waals surface area contributed by atoms with Gasteiger partial charge in [-0.05, 0) is 123 Å². The molecule has 15 aromatic rings. The van der Waals surface area contributed by atoms with E-state index in [1.807, 2.05) is 109 Å². The molecule has 15 rings (SSSR count). The van der Waals surface area contributed by atoms with Crippen molar-refractivity contribution in [2.24, 2.45) is 0 Å². The average Bonchev–Trinajstić information content (AvgIpc) is 4.37. The van der Waals surface area contributed by atoms with Crippen LogP contribution in [0.25, 0.3) is 116 Å². The number of hydrogen-bond donors (Lipinski definition) is 0. The Labute approximate surface area is 466 Å². The first kappa shape index (κ1) is 50.1. The van der Waals surface area contributed by atoms with E-state index in [0.717, 1.165) is 83.0 Å². The second kappa shape index (κ2) is 21.7. The first-order chi connectivity index (χ1) is 38.4. The Kier molecular flexibility index (Phi) is 13.8. The summed E-state index contributed by atoms with van der Waals surface area (Å²) in [6.45, 7) is 0. The van der Waals surface area contributed by atoms with Gasteiger partial charge in [0, 0.05) is 33.6 Å². The molecule has 378 valence electrons. The van der Waals surface area contributed by atoms with E-state index in [9.17, 15) is 13.2 Å². The number of halogens is 3. The number of rotatable bonds is 6. The standard InChI is InChI=1S/3C23H14FN2.Ir/c3*24-17-11-12-21(25-15-17)16-10-13-23-20(14-16)19-8-4-5-9-22(19)26(23)18-6-2-1-3-7-18;/h3*1-9,11-15H;/q3*-1;+3. The molecule has 0 bridgehead atoms. The molecule has 0 aliphatic heterocycles. The normalized spacial score (nSPS) is 11.1. The maximum Gasteiger partial charge on any atom is 3.00 e. The summed E-state index contributed by atoms with van der Waals surface area (Å²) in [6, 6.07) is 87.4. The van der Waals surface area contributed by atoms with Crippen LogP contribution in [0.2, 0.25) is 0 Å². The Morgan fingerprint density at radius 2 is 0.544 bits per heavy atom. The van der Waals surface area contributed by atoms with Gasteiger partial charge in [0.15, 0.2) is 0 Å². The number of fused-ring (bicyclic) bond motifs is 9. The largest absolute Gasteiger partial charge is 3.00 e. The van der Waals surface area contributed by atoms with Crippen LogP contribution in [0.15, 0.2) is 255 Å². The molecule has 6 aromatic heterocycles. The van der Waals surface area contributed by atoms with E-state index in [0.29, 0.717) is 17.1 Å². The van der Waals surface area contributed by atoms with Crippen LogP contribution >= 0.6 is 0 Å². The van der Waals surface area contributed by atoms with E-state index < -0.39 is 0 Å². The van der Waals surface area contributed by atoms with Gasteiger partial charge in [0.25, 0.3) is 0 Å². The minimum Gasteiger partial charge on any atom is -0.351 e. The minimum atomic E-state index is -0.337. The zero-order valence-corrected chi connectivity index (χ0v) is 44.3. The first-order valence-corrected chi connectivity index (χ1v) is 25.3. The fourth-order valence-electron chi connectivity index (χ4n) is 10.3. The average molecular weight is 1200 g/mol. The predicted octanol–water partition coefficient (Wildman–Crippen LogP) is 17.4. The molecule has 0 fully saturated rings. The van der Waals surface area contributed by atoms with Gasteiger partial charge in [-0.1, -0.05) is 144 Å². The van der Waals surface area contributed by atoms with Crippen LogP contribution in [0.1, 0.15) is 0 Å². The molecule has 0 saturated heterocycles. The van der Waals surface area contributed by atoms with Crippen molar-refractivity contribution in [3.05, 3.63) is 291 Å². The third kappa shape index (κ3) is 9.65. The Balaban J connectivity index is 0.000000118. The van der Waals surface area contributed by atoms with Crippen molar-refractivity contribution < 1.29 is 33.3 Å². The number of hydrogen-bond acceptors (Lipinski definition) is 3. The van der Waals surface area contributed by atoms with Crippen molar-refractivity contribution >= 4 is 65.4 Å². The third-order valence-corrected chi connectivity index (χ3v) is 13.9. The number of para-hydroxylation sites is 6. The van der Waals surface area contributed by atoms with Crippen LogP contribution in [0.5, 0.6) is 0 Å². The Bertz CT molecular complexity index is 4150. The van der Waals surface area contributed by atoms with E-state index >= 15 is 0 Å². The minimum absolute atomic E-state index is 0. The summed E-state index contributed by atoms with van der Waals surface area (Å²) in [6.07, 6.45) is 3.71. The van der Waals surface area contributed by atoms with E-state index in [-0.39, 0.29) is 37.6 Å². The van der Waals surface area contributed by atoms with Crippen molar-refractivity contribution in [1.29, 1.82) is 0 Å². The number of benzene rings is 9. The van der Waals surface area contributed by atoms with Gasteiger partial charge in [-0.3, -0.25) is 0 Å². The van der Waals surface area contributed by atoms with Gasteiger partial charge in [0.1, 0.15) is 17.5 Å². The van der Waals surface area contributed by atoms with Crippen LogP contribution in [-0.4, -0.2) is 28.7 Å². The maximum absolute atomic E-state index is 13.2. The number of nitrogens with zero attached hydrogens (tertiary/aromatic N) is 6. The Morgan fingerprint density at radius 3 is 0.810 bits per heavy atom. The number of pyridine rings is 3. The van der Waals surface area contributed by atoms with Crippen LogP contribution in [0.3, 0.4) is 0 Å². The zero-order valence-electron chi connectivity index (χ0n) is 41.9. The van der Waals surface area contributed by atoms with E-state index in [2.05, 4.69) is 138 Å². The molecular weight excluding hydrogens is 1160 g/mol. The van der Waals surface area contributed by atoms with Crippen LogP contribution in [-0.2, 0) is 20.1 Å². The zero-order chi connectivity index (χ0) is 52.5. The summed E-state index contributed by atoms with van der Waals surface area (Å²) in [7, 11) is 0. The first-order valence-electron chi connectivity index (χ1n) is 25.3. The SMILES string of the molecule is Fc1ccc(-c2[c-]cc3c(c2)c2ccccc2n3-c2ccccc2)nc1.Fc1ccc(-c2[c-]cc3c(c2)c2ccccc2n3-c2ccccc2)nc1.Fc1ccc(-c2[c-]cc3c(c2)c2ccccc2n3-c2ccccc2)nc1.[Ir+3]. The summed E-state index contributed by atoms with van der Waals surface area (Å²) in [5.74, 6) is -1.01. The van der Waals surface area contributed by atoms with E-state index in [1.165, 1.54) is 52.9 Å².